The lowest BCUT2D eigenvalue weighted by molar-refractivity contribution is 0.967. The maximum Gasteiger partial charge on any atom is 0.182 e. The van der Waals surface area contributed by atoms with Crippen LogP contribution >= 0.6 is 0 Å². The number of nitrogens with zero attached hydrogens (tertiary/aromatic N) is 5. The van der Waals surface area contributed by atoms with Crippen molar-refractivity contribution in [2.75, 3.05) is 10.6 Å². The molecule has 0 amide bonds. The van der Waals surface area contributed by atoms with Gasteiger partial charge in [-0.3, -0.25) is 4.98 Å². The molecule has 166 valence electrons. The van der Waals surface area contributed by atoms with E-state index in [1.54, 1.807) is 16.8 Å². The van der Waals surface area contributed by atoms with E-state index in [0.717, 1.165) is 44.9 Å². The predicted molar refractivity (Wildman–Crippen MR) is 138 cm³/mol. The number of rotatable bonds is 5. The molecule has 0 saturated heterocycles. The highest BCUT2D eigenvalue weighted by molar-refractivity contribution is 5.93. The number of anilines is 4. The van der Waals surface area contributed by atoms with Gasteiger partial charge in [-0.2, -0.15) is 5.26 Å². The van der Waals surface area contributed by atoms with Crippen LogP contribution in [0.2, 0.25) is 0 Å². The molecule has 0 unspecified atom stereocenters. The van der Waals surface area contributed by atoms with Crippen LogP contribution in [0.5, 0.6) is 0 Å². The summed E-state index contributed by atoms with van der Waals surface area (Å²) in [6.45, 7) is 0. The summed E-state index contributed by atoms with van der Waals surface area (Å²) in [5.74, 6) is 0.645. The van der Waals surface area contributed by atoms with Crippen LogP contribution in [-0.2, 0) is 0 Å². The minimum atomic E-state index is 0.592. The van der Waals surface area contributed by atoms with Crippen molar-refractivity contribution >= 4 is 39.3 Å². The number of benzene rings is 3. The third kappa shape index (κ3) is 4.12. The normalized spacial score (nSPS) is 10.8. The van der Waals surface area contributed by atoms with Gasteiger partial charge in [-0.1, -0.05) is 30.3 Å². The van der Waals surface area contributed by atoms with E-state index in [2.05, 4.69) is 21.7 Å². The molecule has 7 heteroatoms. The standard InChI is InChI=1S/C28H19N7/c29-17-19-9-11-25-24(15-19)26(13-14-30-25)32-23-10-12-27-33-28(34-35(27)18-23)20-5-4-8-22(16-20)31-21-6-2-1-3-7-21/h1-16,18,31H,(H,30,32). The van der Waals surface area contributed by atoms with Crippen molar-refractivity contribution in [2.45, 2.75) is 0 Å². The Hall–Kier alpha value is -5.22. The van der Waals surface area contributed by atoms with Crippen molar-refractivity contribution in [1.82, 2.24) is 19.6 Å². The zero-order chi connectivity index (χ0) is 23.6. The Morgan fingerprint density at radius 1 is 0.771 bits per heavy atom. The van der Waals surface area contributed by atoms with Gasteiger partial charge in [0.05, 0.1) is 29.0 Å². The first-order valence-corrected chi connectivity index (χ1v) is 11.1. The van der Waals surface area contributed by atoms with Crippen molar-refractivity contribution in [3.05, 3.63) is 109 Å². The van der Waals surface area contributed by atoms with Gasteiger partial charge in [0.25, 0.3) is 0 Å². The quantitative estimate of drug-likeness (QED) is 0.318. The minimum Gasteiger partial charge on any atom is -0.356 e. The van der Waals surface area contributed by atoms with Gasteiger partial charge in [0, 0.05) is 34.2 Å². The zero-order valence-electron chi connectivity index (χ0n) is 18.6. The van der Waals surface area contributed by atoms with E-state index in [1.165, 1.54) is 0 Å². The monoisotopic (exact) mass is 453 g/mol. The van der Waals surface area contributed by atoms with Crippen LogP contribution in [0.4, 0.5) is 22.7 Å². The second-order valence-corrected chi connectivity index (χ2v) is 8.06. The molecule has 0 fully saturated rings. The van der Waals surface area contributed by atoms with Crippen molar-refractivity contribution in [1.29, 1.82) is 5.26 Å². The fourth-order valence-electron chi connectivity index (χ4n) is 3.98. The fraction of sp³-hybridized carbons (Fsp3) is 0. The highest BCUT2D eigenvalue weighted by Crippen LogP contribution is 2.27. The smallest absolute Gasteiger partial charge is 0.182 e. The van der Waals surface area contributed by atoms with Crippen molar-refractivity contribution in [2.24, 2.45) is 0 Å². The van der Waals surface area contributed by atoms with Crippen LogP contribution in [0, 0.1) is 11.3 Å². The number of hydrogen-bond acceptors (Lipinski definition) is 6. The van der Waals surface area contributed by atoms with E-state index in [0.29, 0.717) is 11.4 Å². The summed E-state index contributed by atoms with van der Waals surface area (Å²) in [7, 11) is 0. The first-order valence-electron chi connectivity index (χ1n) is 11.1. The van der Waals surface area contributed by atoms with Crippen molar-refractivity contribution < 1.29 is 0 Å². The third-order valence-electron chi connectivity index (χ3n) is 5.66. The van der Waals surface area contributed by atoms with Gasteiger partial charge in [0.2, 0.25) is 0 Å². The largest absolute Gasteiger partial charge is 0.356 e. The number of fused-ring (bicyclic) bond motifs is 2. The summed E-state index contributed by atoms with van der Waals surface area (Å²) in [5, 5.41) is 21.7. The Morgan fingerprint density at radius 3 is 2.54 bits per heavy atom. The lowest BCUT2D eigenvalue weighted by atomic mass is 10.1. The topological polar surface area (TPSA) is 90.9 Å². The van der Waals surface area contributed by atoms with Crippen LogP contribution in [0.1, 0.15) is 5.56 Å². The molecule has 6 rings (SSSR count). The summed E-state index contributed by atoms with van der Waals surface area (Å²) in [5.41, 5.74) is 6.79. The van der Waals surface area contributed by atoms with Gasteiger partial charge in [0.1, 0.15) is 0 Å². The Bertz CT molecular complexity index is 1720. The summed E-state index contributed by atoms with van der Waals surface area (Å²) < 4.78 is 1.76. The van der Waals surface area contributed by atoms with Gasteiger partial charge >= 0.3 is 0 Å². The van der Waals surface area contributed by atoms with Crippen LogP contribution in [0.3, 0.4) is 0 Å². The number of para-hydroxylation sites is 1. The summed E-state index contributed by atoms with van der Waals surface area (Å²) in [6.07, 6.45) is 3.65. The molecule has 2 N–H and O–H groups in total. The average molecular weight is 454 g/mol. The SMILES string of the molecule is N#Cc1ccc2nccc(Nc3ccc4nc(-c5cccc(Nc6ccccc6)c5)nn4c3)c2c1. The molecular weight excluding hydrogens is 434 g/mol. The van der Waals surface area contributed by atoms with E-state index in [9.17, 15) is 5.26 Å². The summed E-state index contributed by atoms with van der Waals surface area (Å²) in [6, 6.07) is 31.5. The number of nitriles is 1. The predicted octanol–water partition coefficient (Wildman–Crippen LogP) is 6.30. The van der Waals surface area contributed by atoms with Gasteiger partial charge in [0.15, 0.2) is 11.5 Å². The van der Waals surface area contributed by atoms with E-state index >= 15 is 0 Å². The van der Waals surface area contributed by atoms with E-state index in [-0.39, 0.29) is 0 Å². The Balaban J connectivity index is 1.30. The van der Waals surface area contributed by atoms with E-state index in [4.69, 9.17) is 10.1 Å². The number of hydrogen-bond donors (Lipinski definition) is 2. The number of pyridine rings is 2. The third-order valence-corrected chi connectivity index (χ3v) is 5.66. The highest BCUT2D eigenvalue weighted by Gasteiger charge is 2.09. The van der Waals surface area contributed by atoms with Crippen molar-refractivity contribution in [3.8, 4) is 17.5 Å². The molecule has 3 aromatic heterocycles. The minimum absolute atomic E-state index is 0.592. The Kier molecular flexibility index (Phi) is 5.02. The Labute approximate surface area is 201 Å². The molecule has 0 aliphatic carbocycles. The maximum absolute atomic E-state index is 9.27. The first-order chi connectivity index (χ1) is 17.2. The second-order valence-electron chi connectivity index (χ2n) is 8.06. The molecule has 0 bridgehead atoms. The Morgan fingerprint density at radius 2 is 1.66 bits per heavy atom. The lowest BCUT2D eigenvalue weighted by Crippen LogP contribution is -1.96. The highest BCUT2D eigenvalue weighted by atomic mass is 15.3. The van der Waals surface area contributed by atoms with Gasteiger partial charge in [-0.05, 0) is 60.7 Å². The van der Waals surface area contributed by atoms with Crippen molar-refractivity contribution in [3.63, 3.8) is 0 Å². The molecule has 3 aromatic carbocycles. The fourth-order valence-corrected chi connectivity index (χ4v) is 3.98. The van der Waals surface area contributed by atoms with Gasteiger partial charge in [-0.15, -0.1) is 5.10 Å². The molecule has 6 aromatic rings. The molecular formula is C28H19N7. The van der Waals surface area contributed by atoms with Crippen LogP contribution in [-0.4, -0.2) is 19.6 Å². The van der Waals surface area contributed by atoms with Crippen LogP contribution < -0.4 is 10.6 Å². The van der Waals surface area contributed by atoms with Crippen LogP contribution in [0.15, 0.2) is 103 Å². The average Bonchev–Trinajstić information content (AvgIpc) is 3.33. The molecule has 0 atom stereocenters. The molecule has 0 spiro atoms. The second kappa shape index (κ2) is 8.61. The molecule has 35 heavy (non-hydrogen) atoms. The summed E-state index contributed by atoms with van der Waals surface area (Å²) in [4.78, 5) is 9.10. The molecule has 7 nitrogen and oxygen atoms in total. The number of nitrogens with one attached hydrogen (secondary N) is 2. The lowest BCUT2D eigenvalue weighted by Gasteiger charge is -2.09. The summed E-state index contributed by atoms with van der Waals surface area (Å²) >= 11 is 0. The van der Waals surface area contributed by atoms with Crippen LogP contribution in [0.25, 0.3) is 27.9 Å². The molecule has 0 aliphatic heterocycles. The first kappa shape index (κ1) is 20.4. The zero-order valence-corrected chi connectivity index (χ0v) is 18.6. The number of aromatic nitrogens is 4. The maximum atomic E-state index is 9.27. The molecule has 3 heterocycles. The molecule has 0 aliphatic rings. The van der Waals surface area contributed by atoms with Gasteiger partial charge < -0.3 is 10.6 Å². The van der Waals surface area contributed by atoms with E-state index < -0.39 is 0 Å². The van der Waals surface area contributed by atoms with Gasteiger partial charge in [-0.25, -0.2) is 9.50 Å². The van der Waals surface area contributed by atoms with E-state index in [1.807, 2.05) is 91.1 Å². The molecule has 0 saturated carbocycles. The molecule has 0 radical (unpaired) electrons.